The van der Waals surface area contributed by atoms with Gasteiger partial charge < -0.3 is 5.32 Å². The van der Waals surface area contributed by atoms with Crippen LogP contribution in [0.5, 0.6) is 0 Å². The normalized spacial score (nSPS) is 11.2. The number of carbonyl (C=O) groups is 1. The summed E-state index contributed by atoms with van der Waals surface area (Å²) in [6.07, 6.45) is 3.06. The molecule has 0 fully saturated rings. The smallest absolute Gasteiger partial charge is 0.262 e. The predicted octanol–water partition coefficient (Wildman–Crippen LogP) is 4.00. The van der Waals surface area contributed by atoms with E-state index in [1.807, 2.05) is 37.3 Å². The van der Waals surface area contributed by atoms with Gasteiger partial charge in [-0.1, -0.05) is 30.3 Å². The fourth-order valence-corrected chi connectivity index (χ4v) is 4.75. The Morgan fingerprint density at radius 1 is 1.00 bits per heavy atom. The standard InChI is InChI=1S/C24H23N5O3S/c1-17-7-8-18(2)23(13-17)33(31,32)28-21-11-9-19(10-12-21)24(30)27-22-6-4-3-5-20(22)14-29-16-25-15-26-29/h3-13,15-16,28H,14H2,1-2H3,(H,27,30). The van der Waals surface area contributed by atoms with Gasteiger partial charge in [-0.3, -0.25) is 9.52 Å². The summed E-state index contributed by atoms with van der Waals surface area (Å²) in [5.41, 5.74) is 3.84. The molecule has 0 saturated heterocycles. The molecule has 1 amide bonds. The van der Waals surface area contributed by atoms with Gasteiger partial charge >= 0.3 is 0 Å². The molecule has 2 N–H and O–H groups in total. The van der Waals surface area contributed by atoms with Crippen LogP contribution in [0.25, 0.3) is 0 Å². The van der Waals surface area contributed by atoms with Crippen LogP contribution in [-0.2, 0) is 16.6 Å². The molecule has 0 aliphatic rings. The number of carbonyl (C=O) groups excluding carboxylic acids is 1. The highest BCUT2D eigenvalue weighted by Crippen LogP contribution is 2.22. The lowest BCUT2D eigenvalue weighted by Gasteiger charge is -2.13. The van der Waals surface area contributed by atoms with Crippen molar-refractivity contribution in [2.45, 2.75) is 25.3 Å². The molecule has 0 atom stereocenters. The molecular weight excluding hydrogens is 438 g/mol. The van der Waals surface area contributed by atoms with Gasteiger partial charge in [-0.25, -0.2) is 18.1 Å². The number of hydrogen-bond acceptors (Lipinski definition) is 5. The third-order valence-electron chi connectivity index (χ3n) is 5.10. The van der Waals surface area contributed by atoms with Crippen LogP contribution >= 0.6 is 0 Å². The number of nitrogens with one attached hydrogen (secondary N) is 2. The van der Waals surface area contributed by atoms with Crippen LogP contribution in [0.1, 0.15) is 27.0 Å². The number of hydrogen-bond donors (Lipinski definition) is 2. The molecule has 0 aliphatic heterocycles. The third-order valence-corrected chi connectivity index (χ3v) is 6.62. The average molecular weight is 462 g/mol. The topological polar surface area (TPSA) is 106 Å². The monoisotopic (exact) mass is 461 g/mol. The van der Waals surface area contributed by atoms with Gasteiger partial charge in [0.25, 0.3) is 15.9 Å². The van der Waals surface area contributed by atoms with Gasteiger partial charge in [0.1, 0.15) is 12.7 Å². The zero-order chi connectivity index (χ0) is 23.4. The van der Waals surface area contributed by atoms with E-state index in [-0.39, 0.29) is 10.8 Å². The fraction of sp³-hybridized carbons (Fsp3) is 0.125. The lowest BCUT2D eigenvalue weighted by atomic mass is 10.1. The maximum Gasteiger partial charge on any atom is 0.262 e. The first-order valence-corrected chi connectivity index (χ1v) is 11.7. The molecule has 0 radical (unpaired) electrons. The maximum absolute atomic E-state index is 12.8. The molecule has 8 nitrogen and oxygen atoms in total. The second-order valence-corrected chi connectivity index (χ2v) is 9.31. The third kappa shape index (κ3) is 5.27. The minimum Gasteiger partial charge on any atom is -0.322 e. The summed E-state index contributed by atoms with van der Waals surface area (Å²) in [5, 5.41) is 7.01. The summed E-state index contributed by atoms with van der Waals surface area (Å²) in [4.78, 5) is 16.9. The predicted molar refractivity (Wildman–Crippen MR) is 127 cm³/mol. The number of anilines is 2. The molecule has 0 aliphatic carbocycles. The average Bonchev–Trinajstić information content (AvgIpc) is 3.30. The largest absolute Gasteiger partial charge is 0.322 e. The summed E-state index contributed by atoms with van der Waals surface area (Å²) in [6, 6.07) is 19.0. The first-order valence-electron chi connectivity index (χ1n) is 10.2. The molecular formula is C24H23N5O3S. The highest BCUT2D eigenvalue weighted by atomic mass is 32.2. The number of nitrogens with zero attached hydrogens (tertiary/aromatic N) is 3. The molecule has 33 heavy (non-hydrogen) atoms. The minimum absolute atomic E-state index is 0.230. The number of amides is 1. The van der Waals surface area contributed by atoms with E-state index in [1.165, 1.54) is 6.33 Å². The Labute approximate surface area is 192 Å². The first-order chi connectivity index (χ1) is 15.8. The van der Waals surface area contributed by atoms with Crippen LogP contribution in [0, 0.1) is 13.8 Å². The van der Waals surface area contributed by atoms with Gasteiger partial charge in [0.05, 0.1) is 11.4 Å². The summed E-state index contributed by atoms with van der Waals surface area (Å²) in [6.45, 7) is 4.06. The van der Waals surface area contributed by atoms with E-state index in [1.54, 1.807) is 54.3 Å². The van der Waals surface area contributed by atoms with E-state index in [9.17, 15) is 13.2 Å². The van der Waals surface area contributed by atoms with Gasteiger partial charge in [-0.15, -0.1) is 0 Å². The van der Waals surface area contributed by atoms with E-state index in [4.69, 9.17) is 0 Å². The Balaban J connectivity index is 1.48. The minimum atomic E-state index is -3.74. The number of sulfonamides is 1. The van der Waals surface area contributed by atoms with Crippen molar-refractivity contribution in [3.8, 4) is 0 Å². The van der Waals surface area contributed by atoms with Crippen molar-refractivity contribution < 1.29 is 13.2 Å². The van der Waals surface area contributed by atoms with Crippen molar-refractivity contribution in [3.05, 3.63) is 102 Å². The van der Waals surface area contributed by atoms with Crippen LogP contribution in [-0.4, -0.2) is 29.1 Å². The molecule has 4 rings (SSSR count). The lowest BCUT2D eigenvalue weighted by molar-refractivity contribution is 0.102. The van der Waals surface area contributed by atoms with Crippen LogP contribution < -0.4 is 10.0 Å². The Bertz CT molecular complexity index is 1380. The molecule has 1 heterocycles. The first kappa shape index (κ1) is 22.2. The molecule has 9 heteroatoms. The van der Waals surface area contributed by atoms with Crippen molar-refractivity contribution in [1.82, 2.24) is 14.8 Å². The SMILES string of the molecule is Cc1ccc(C)c(S(=O)(=O)Nc2ccc(C(=O)Nc3ccccc3Cn3cncn3)cc2)c1. The van der Waals surface area contributed by atoms with Crippen LogP contribution in [0.4, 0.5) is 11.4 Å². The molecule has 4 aromatic rings. The molecule has 3 aromatic carbocycles. The highest BCUT2D eigenvalue weighted by molar-refractivity contribution is 7.92. The van der Waals surface area contributed by atoms with E-state index in [0.717, 1.165) is 11.1 Å². The molecule has 168 valence electrons. The zero-order valence-electron chi connectivity index (χ0n) is 18.2. The maximum atomic E-state index is 12.8. The van der Waals surface area contributed by atoms with Gasteiger partial charge in [0, 0.05) is 16.9 Å². The van der Waals surface area contributed by atoms with Crippen molar-refractivity contribution in [1.29, 1.82) is 0 Å². The van der Waals surface area contributed by atoms with Gasteiger partial charge in [-0.2, -0.15) is 5.10 Å². The Morgan fingerprint density at radius 2 is 1.76 bits per heavy atom. The zero-order valence-corrected chi connectivity index (χ0v) is 19.0. The van der Waals surface area contributed by atoms with E-state index < -0.39 is 10.0 Å². The number of para-hydroxylation sites is 1. The molecule has 1 aromatic heterocycles. The van der Waals surface area contributed by atoms with Crippen LogP contribution in [0.2, 0.25) is 0 Å². The van der Waals surface area contributed by atoms with Crippen molar-refractivity contribution in [3.63, 3.8) is 0 Å². The summed E-state index contributed by atoms with van der Waals surface area (Å²) in [7, 11) is -3.74. The van der Waals surface area contributed by atoms with Gasteiger partial charge in [0.15, 0.2) is 0 Å². The van der Waals surface area contributed by atoms with Gasteiger partial charge in [0.2, 0.25) is 0 Å². The van der Waals surface area contributed by atoms with Crippen molar-refractivity contribution in [2.75, 3.05) is 10.0 Å². The Kier molecular flexibility index (Phi) is 6.23. The Hall–Kier alpha value is -3.98. The van der Waals surface area contributed by atoms with E-state index in [2.05, 4.69) is 20.1 Å². The van der Waals surface area contributed by atoms with Gasteiger partial charge in [-0.05, 0) is 66.9 Å². The number of aromatic nitrogens is 3. The quantitative estimate of drug-likeness (QED) is 0.433. The van der Waals surface area contributed by atoms with E-state index >= 15 is 0 Å². The van der Waals surface area contributed by atoms with E-state index in [0.29, 0.717) is 29.0 Å². The lowest BCUT2D eigenvalue weighted by Crippen LogP contribution is -2.16. The highest BCUT2D eigenvalue weighted by Gasteiger charge is 2.17. The molecule has 0 unspecified atom stereocenters. The second kappa shape index (κ2) is 9.25. The molecule has 0 bridgehead atoms. The number of benzene rings is 3. The van der Waals surface area contributed by atoms with Crippen molar-refractivity contribution >= 4 is 27.3 Å². The number of rotatable bonds is 7. The summed E-state index contributed by atoms with van der Waals surface area (Å²) in [5.74, 6) is -0.301. The molecule has 0 spiro atoms. The number of aryl methyl sites for hydroxylation is 2. The van der Waals surface area contributed by atoms with Crippen molar-refractivity contribution in [2.24, 2.45) is 0 Å². The van der Waals surface area contributed by atoms with Crippen LogP contribution in [0.15, 0.2) is 84.3 Å². The molecule has 0 saturated carbocycles. The summed E-state index contributed by atoms with van der Waals surface area (Å²) < 4.78 is 29.8. The Morgan fingerprint density at radius 3 is 2.48 bits per heavy atom. The summed E-state index contributed by atoms with van der Waals surface area (Å²) >= 11 is 0. The fourth-order valence-electron chi connectivity index (χ4n) is 3.36. The van der Waals surface area contributed by atoms with Crippen LogP contribution in [0.3, 0.4) is 0 Å². The second-order valence-electron chi connectivity index (χ2n) is 7.66.